The number of benzene rings is 2. The number of hydrogen-bond donors (Lipinski definition) is 1. The predicted octanol–water partition coefficient (Wildman–Crippen LogP) is 4.49. The molecule has 2 N–H and O–H groups in total. The maximum atomic E-state index is 5.78. The van der Waals surface area contributed by atoms with E-state index in [0.717, 1.165) is 13.0 Å². The SMILES string of the molecule is Cc1ccc(C)c(SC(CCN)c2ccccc2)c1. The summed E-state index contributed by atoms with van der Waals surface area (Å²) in [6.07, 6.45) is 1.00. The van der Waals surface area contributed by atoms with Gasteiger partial charge in [0.05, 0.1) is 0 Å². The Morgan fingerprint density at radius 3 is 2.47 bits per heavy atom. The Labute approximate surface area is 120 Å². The number of aryl methyl sites for hydroxylation is 2. The second kappa shape index (κ2) is 6.78. The van der Waals surface area contributed by atoms with Gasteiger partial charge in [0.25, 0.3) is 0 Å². The lowest BCUT2D eigenvalue weighted by atomic mass is 10.1. The van der Waals surface area contributed by atoms with Gasteiger partial charge in [0.2, 0.25) is 0 Å². The average molecular weight is 271 g/mol. The molecule has 0 aliphatic rings. The van der Waals surface area contributed by atoms with Crippen LogP contribution in [-0.4, -0.2) is 6.54 Å². The summed E-state index contributed by atoms with van der Waals surface area (Å²) in [4.78, 5) is 1.36. The van der Waals surface area contributed by atoms with E-state index in [4.69, 9.17) is 5.73 Å². The molecular weight excluding hydrogens is 250 g/mol. The number of nitrogens with two attached hydrogens (primary N) is 1. The van der Waals surface area contributed by atoms with Gasteiger partial charge in [0.15, 0.2) is 0 Å². The van der Waals surface area contributed by atoms with Crippen LogP contribution in [0.25, 0.3) is 0 Å². The summed E-state index contributed by atoms with van der Waals surface area (Å²) >= 11 is 1.93. The van der Waals surface area contributed by atoms with Crippen LogP contribution in [0.5, 0.6) is 0 Å². The van der Waals surface area contributed by atoms with Crippen molar-refractivity contribution in [2.75, 3.05) is 6.54 Å². The summed E-state index contributed by atoms with van der Waals surface area (Å²) in [5.41, 5.74) is 9.79. The monoisotopic (exact) mass is 271 g/mol. The van der Waals surface area contributed by atoms with E-state index in [1.807, 2.05) is 11.8 Å². The maximum absolute atomic E-state index is 5.78. The normalized spacial score (nSPS) is 12.4. The van der Waals surface area contributed by atoms with Crippen molar-refractivity contribution in [1.29, 1.82) is 0 Å². The van der Waals surface area contributed by atoms with Crippen molar-refractivity contribution in [3.63, 3.8) is 0 Å². The van der Waals surface area contributed by atoms with Gasteiger partial charge in [-0.3, -0.25) is 0 Å². The Morgan fingerprint density at radius 2 is 1.79 bits per heavy atom. The van der Waals surface area contributed by atoms with E-state index in [2.05, 4.69) is 62.4 Å². The van der Waals surface area contributed by atoms with Crippen molar-refractivity contribution in [2.45, 2.75) is 30.4 Å². The molecule has 0 heterocycles. The van der Waals surface area contributed by atoms with Crippen molar-refractivity contribution in [1.82, 2.24) is 0 Å². The Morgan fingerprint density at radius 1 is 1.05 bits per heavy atom. The largest absolute Gasteiger partial charge is 0.330 e. The van der Waals surface area contributed by atoms with Gasteiger partial charge in [-0.05, 0) is 44.0 Å². The van der Waals surface area contributed by atoms with Gasteiger partial charge in [-0.1, -0.05) is 48.0 Å². The van der Waals surface area contributed by atoms with Gasteiger partial charge in [0.1, 0.15) is 0 Å². The van der Waals surface area contributed by atoms with Crippen LogP contribution in [0.4, 0.5) is 0 Å². The van der Waals surface area contributed by atoms with E-state index < -0.39 is 0 Å². The van der Waals surface area contributed by atoms with Gasteiger partial charge in [-0.2, -0.15) is 0 Å². The molecule has 1 atom stereocenters. The highest BCUT2D eigenvalue weighted by atomic mass is 32.2. The Hall–Kier alpha value is -1.25. The summed E-state index contributed by atoms with van der Waals surface area (Å²) in [5.74, 6) is 0. The van der Waals surface area contributed by atoms with Crippen molar-refractivity contribution in [3.05, 3.63) is 65.2 Å². The first kappa shape index (κ1) is 14.2. The minimum absolute atomic E-state index is 0.437. The van der Waals surface area contributed by atoms with Crippen LogP contribution in [0.3, 0.4) is 0 Å². The first-order chi connectivity index (χ1) is 9.20. The molecule has 1 nitrogen and oxygen atoms in total. The molecule has 19 heavy (non-hydrogen) atoms. The molecule has 0 aliphatic carbocycles. The number of rotatable bonds is 5. The lowest BCUT2D eigenvalue weighted by Gasteiger charge is -2.18. The standard InChI is InChI=1S/C17H21NS/c1-13-8-9-14(2)17(12-13)19-16(10-11-18)15-6-4-3-5-7-15/h3-9,12,16H,10-11,18H2,1-2H3. The molecule has 0 spiro atoms. The molecule has 2 aromatic rings. The smallest absolute Gasteiger partial charge is 0.0356 e. The molecule has 100 valence electrons. The molecule has 2 rings (SSSR count). The van der Waals surface area contributed by atoms with Gasteiger partial charge in [-0.15, -0.1) is 11.8 Å². The summed E-state index contributed by atoms with van der Waals surface area (Å²) in [6.45, 7) is 5.04. The molecule has 0 saturated carbocycles. The van der Waals surface area contributed by atoms with Gasteiger partial charge >= 0.3 is 0 Å². The molecule has 1 unspecified atom stereocenters. The fourth-order valence-electron chi connectivity index (χ4n) is 2.10. The van der Waals surface area contributed by atoms with Crippen LogP contribution >= 0.6 is 11.8 Å². The van der Waals surface area contributed by atoms with E-state index >= 15 is 0 Å². The Balaban J connectivity index is 2.24. The van der Waals surface area contributed by atoms with Crippen LogP contribution in [0.15, 0.2) is 53.4 Å². The minimum atomic E-state index is 0.437. The van der Waals surface area contributed by atoms with Crippen LogP contribution in [-0.2, 0) is 0 Å². The van der Waals surface area contributed by atoms with Crippen LogP contribution in [0.2, 0.25) is 0 Å². The molecule has 2 aromatic carbocycles. The zero-order valence-corrected chi connectivity index (χ0v) is 12.4. The highest BCUT2D eigenvalue weighted by Crippen LogP contribution is 2.39. The van der Waals surface area contributed by atoms with E-state index in [1.54, 1.807) is 0 Å². The average Bonchev–Trinajstić information content (AvgIpc) is 2.43. The van der Waals surface area contributed by atoms with E-state index in [1.165, 1.54) is 21.6 Å². The first-order valence-electron chi connectivity index (χ1n) is 6.69. The highest BCUT2D eigenvalue weighted by molar-refractivity contribution is 7.99. The fourth-order valence-corrected chi connectivity index (χ4v) is 3.46. The molecule has 0 aromatic heterocycles. The molecule has 2 heteroatoms. The zero-order valence-electron chi connectivity index (χ0n) is 11.6. The lowest BCUT2D eigenvalue weighted by molar-refractivity contribution is 0.813. The minimum Gasteiger partial charge on any atom is -0.330 e. The summed E-state index contributed by atoms with van der Waals surface area (Å²) in [5, 5.41) is 0.437. The molecule has 0 saturated heterocycles. The second-order valence-corrected chi connectivity index (χ2v) is 6.11. The lowest BCUT2D eigenvalue weighted by Crippen LogP contribution is -2.05. The third kappa shape index (κ3) is 3.85. The quantitative estimate of drug-likeness (QED) is 0.811. The molecular formula is C17H21NS. The molecule has 0 aliphatic heterocycles. The highest BCUT2D eigenvalue weighted by Gasteiger charge is 2.13. The summed E-state index contributed by atoms with van der Waals surface area (Å²) < 4.78 is 0. The second-order valence-electron chi connectivity index (χ2n) is 4.86. The maximum Gasteiger partial charge on any atom is 0.0356 e. The summed E-state index contributed by atoms with van der Waals surface area (Å²) in [7, 11) is 0. The summed E-state index contributed by atoms with van der Waals surface area (Å²) in [6, 6.07) is 17.3. The zero-order chi connectivity index (χ0) is 13.7. The van der Waals surface area contributed by atoms with E-state index in [0.29, 0.717) is 5.25 Å². The fraction of sp³-hybridized carbons (Fsp3) is 0.294. The third-order valence-electron chi connectivity index (χ3n) is 3.21. The van der Waals surface area contributed by atoms with Crippen LogP contribution < -0.4 is 5.73 Å². The molecule has 0 radical (unpaired) electrons. The van der Waals surface area contributed by atoms with Crippen molar-refractivity contribution in [2.24, 2.45) is 5.73 Å². The Bertz CT molecular complexity index is 522. The molecule has 0 amide bonds. The van der Waals surface area contributed by atoms with Gasteiger partial charge in [-0.25, -0.2) is 0 Å². The molecule has 0 fully saturated rings. The van der Waals surface area contributed by atoms with Crippen LogP contribution in [0.1, 0.15) is 28.4 Å². The van der Waals surface area contributed by atoms with Gasteiger partial charge < -0.3 is 5.73 Å². The number of hydrogen-bond acceptors (Lipinski definition) is 2. The van der Waals surface area contributed by atoms with Crippen LogP contribution in [0, 0.1) is 13.8 Å². The topological polar surface area (TPSA) is 26.0 Å². The van der Waals surface area contributed by atoms with E-state index in [9.17, 15) is 0 Å². The number of thioether (sulfide) groups is 1. The van der Waals surface area contributed by atoms with Crippen molar-refractivity contribution < 1.29 is 0 Å². The van der Waals surface area contributed by atoms with Crippen molar-refractivity contribution in [3.8, 4) is 0 Å². The van der Waals surface area contributed by atoms with E-state index in [-0.39, 0.29) is 0 Å². The predicted molar refractivity (Wildman–Crippen MR) is 84.6 cm³/mol. The van der Waals surface area contributed by atoms with Gasteiger partial charge in [0, 0.05) is 10.1 Å². The third-order valence-corrected chi connectivity index (χ3v) is 4.70. The van der Waals surface area contributed by atoms with Crippen molar-refractivity contribution >= 4 is 11.8 Å². The Kier molecular flexibility index (Phi) is 5.06. The first-order valence-corrected chi connectivity index (χ1v) is 7.57. The molecule has 0 bridgehead atoms.